The molecule has 1 amide bonds. The summed E-state index contributed by atoms with van der Waals surface area (Å²) in [6, 6.07) is 13.0. The molecule has 3 aromatic rings. The van der Waals surface area contributed by atoms with Crippen molar-refractivity contribution in [2.45, 2.75) is 6.54 Å². The summed E-state index contributed by atoms with van der Waals surface area (Å²) in [7, 11) is 0. The van der Waals surface area contributed by atoms with E-state index in [1.165, 1.54) is 0 Å². The van der Waals surface area contributed by atoms with Gasteiger partial charge in [-0.2, -0.15) is 0 Å². The minimum absolute atomic E-state index is 0.193. The Morgan fingerprint density at radius 3 is 2.64 bits per heavy atom. The Hall–Kier alpha value is -2.83. The Balaban J connectivity index is 1.65. The first-order valence-corrected chi connectivity index (χ1v) is 9.48. The maximum Gasteiger partial charge on any atom is 0.255 e. The molecule has 1 aliphatic rings. The van der Waals surface area contributed by atoms with Gasteiger partial charge in [-0.05, 0) is 35.9 Å². The third kappa shape index (κ3) is 4.18. The van der Waals surface area contributed by atoms with Gasteiger partial charge in [0.05, 0.1) is 31.6 Å². The zero-order chi connectivity index (χ0) is 19.3. The van der Waals surface area contributed by atoms with Crippen LogP contribution in [0, 0.1) is 0 Å². The molecule has 0 radical (unpaired) electrons. The van der Waals surface area contributed by atoms with Gasteiger partial charge < -0.3 is 19.4 Å². The fourth-order valence-corrected chi connectivity index (χ4v) is 3.25. The van der Waals surface area contributed by atoms with Gasteiger partial charge in [0.1, 0.15) is 11.6 Å². The van der Waals surface area contributed by atoms with Crippen molar-refractivity contribution in [1.29, 1.82) is 0 Å². The van der Waals surface area contributed by atoms with E-state index in [0.717, 1.165) is 11.1 Å². The molecule has 1 saturated heterocycles. The van der Waals surface area contributed by atoms with Crippen LogP contribution in [-0.2, 0) is 11.3 Å². The second-order valence-corrected chi connectivity index (χ2v) is 6.90. The van der Waals surface area contributed by atoms with Crippen molar-refractivity contribution in [1.82, 2.24) is 10.3 Å². The van der Waals surface area contributed by atoms with E-state index < -0.39 is 0 Å². The summed E-state index contributed by atoms with van der Waals surface area (Å²) >= 11 is 5.99. The number of furan rings is 1. The van der Waals surface area contributed by atoms with E-state index in [2.05, 4.69) is 15.2 Å². The third-order valence-electron chi connectivity index (χ3n) is 4.60. The van der Waals surface area contributed by atoms with Gasteiger partial charge in [-0.15, -0.1) is 0 Å². The van der Waals surface area contributed by atoms with Crippen LogP contribution in [0.15, 0.2) is 59.3 Å². The smallest absolute Gasteiger partial charge is 0.255 e. The van der Waals surface area contributed by atoms with Gasteiger partial charge in [0, 0.05) is 29.9 Å². The van der Waals surface area contributed by atoms with Crippen molar-refractivity contribution < 1.29 is 13.9 Å². The number of carbonyl (C=O) groups excluding carboxylic acids is 1. The quantitative estimate of drug-likeness (QED) is 0.710. The van der Waals surface area contributed by atoms with Crippen molar-refractivity contribution in [2.24, 2.45) is 0 Å². The minimum Gasteiger partial charge on any atom is -0.467 e. The van der Waals surface area contributed by atoms with Gasteiger partial charge >= 0.3 is 0 Å². The van der Waals surface area contributed by atoms with Gasteiger partial charge in [-0.1, -0.05) is 23.7 Å². The highest BCUT2D eigenvalue weighted by atomic mass is 35.5. The highest BCUT2D eigenvalue weighted by Crippen LogP contribution is 2.27. The molecule has 0 spiro atoms. The van der Waals surface area contributed by atoms with Crippen molar-refractivity contribution in [3.63, 3.8) is 0 Å². The number of amides is 1. The Kier molecular flexibility index (Phi) is 5.60. The molecule has 144 valence electrons. The lowest BCUT2D eigenvalue weighted by atomic mass is 10.0. The number of benzene rings is 1. The fraction of sp³-hybridized carbons (Fsp3) is 0.238. The highest BCUT2D eigenvalue weighted by Gasteiger charge is 2.21. The van der Waals surface area contributed by atoms with Crippen LogP contribution in [0.5, 0.6) is 0 Å². The van der Waals surface area contributed by atoms with Crippen LogP contribution in [0.4, 0.5) is 5.82 Å². The maximum absolute atomic E-state index is 13.0. The van der Waals surface area contributed by atoms with E-state index in [1.807, 2.05) is 36.4 Å². The van der Waals surface area contributed by atoms with Gasteiger partial charge in [0.25, 0.3) is 5.91 Å². The van der Waals surface area contributed by atoms with Gasteiger partial charge in [-0.25, -0.2) is 4.98 Å². The zero-order valence-electron chi connectivity index (χ0n) is 15.2. The summed E-state index contributed by atoms with van der Waals surface area (Å²) in [6.07, 6.45) is 3.38. The van der Waals surface area contributed by atoms with Crippen LogP contribution >= 0.6 is 11.6 Å². The topological polar surface area (TPSA) is 67.6 Å². The number of hydrogen-bond donors (Lipinski definition) is 1. The summed E-state index contributed by atoms with van der Waals surface area (Å²) in [5.41, 5.74) is 2.34. The minimum atomic E-state index is -0.193. The van der Waals surface area contributed by atoms with E-state index in [-0.39, 0.29) is 5.91 Å². The summed E-state index contributed by atoms with van der Waals surface area (Å²) in [5.74, 6) is 1.17. The number of carbonyl (C=O) groups is 1. The zero-order valence-corrected chi connectivity index (χ0v) is 16.0. The van der Waals surface area contributed by atoms with Gasteiger partial charge in [0.15, 0.2) is 0 Å². The Morgan fingerprint density at radius 2 is 1.93 bits per heavy atom. The van der Waals surface area contributed by atoms with Crippen LogP contribution in [0.25, 0.3) is 11.1 Å². The lowest BCUT2D eigenvalue weighted by Gasteiger charge is -2.29. The molecule has 1 N–H and O–H groups in total. The molecule has 0 saturated carbocycles. The molecule has 7 heteroatoms. The number of aromatic nitrogens is 1. The first kappa shape index (κ1) is 18.5. The second-order valence-electron chi connectivity index (χ2n) is 6.46. The number of hydrogen-bond acceptors (Lipinski definition) is 5. The van der Waals surface area contributed by atoms with Crippen LogP contribution in [0.3, 0.4) is 0 Å². The average molecular weight is 398 g/mol. The normalized spacial score (nSPS) is 14.1. The number of morpholine rings is 1. The highest BCUT2D eigenvalue weighted by molar-refractivity contribution is 6.30. The first-order valence-electron chi connectivity index (χ1n) is 9.10. The van der Waals surface area contributed by atoms with E-state index in [0.29, 0.717) is 55.0 Å². The molecule has 1 aromatic carbocycles. The van der Waals surface area contributed by atoms with Crippen LogP contribution < -0.4 is 10.2 Å². The SMILES string of the molecule is O=C(NCc1ccco1)c1cc(-c2ccc(Cl)cc2)cnc1N1CCOCC1. The van der Waals surface area contributed by atoms with Crippen LogP contribution in [0.1, 0.15) is 16.1 Å². The molecule has 0 unspecified atom stereocenters. The first-order chi connectivity index (χ1) is 13.7. The molecule has 0 bridgehead atoms. The largest absolute Gasteiger partial charge is 0.467 e. The van der Waals surface area contributed by atoms with Gasteiger partial charge in [0.2, 0.25) is 0 Å². The van der Waals surface area contributed by atoms with E-state index in [1.54, 1.807) is 18.5 Å². The number of ether oxygens (including phenoxy) is 1. The van der Waals surface area contributed by atoms with Crippen LogP contribution in [0.2, 0.25) is 5.02 Å². The molecule has 6 nitrogen and oxygen atoms in total. The number of nitrogens with zero attached hydrogens (tertiary/aromatic N) is 2. The van der Waals surface area contributed by atoms with E-state index >= 15 is 0 Å². The third-order valence-corrected chi connectivity index (χ3v) is 4.85. The molecule has 1 aliphatic heterocycles. The molecule has 2 aromatic heterocycles. The standard InChI is InChI=1S/C21H20ClN3O3/c22-17-5-3-15(4-6-17)16-12-19(21(26)24-14-18-2-1-9-28-18)20(23-13-16)25-7-10-27-11-8-25/h1-6,9,12-13H,7-8,10-11,14H2,(H,24,26). The molecule has 1 fully saturated rings. The average Bonchev–Trinajstić information content (AvgIpc) is 3.26. The summed E-state index contributed by atoms with van der Waals surface area (Å²) in [5, 5.41) is 3.58. The molecule has 0 aliphatic carbocycles. The lowest BCUT2D eigenvalue weighted by Crippen LogP contribution is -2.38. The summed E-state index contributed by atoms with van der Waals surface area (Å²) in [6.45, 7) is 2.96. The van der Waals surface area contributed by atoms with E-state index in [9.17, 15) is 4.79 Å². The number of anilines is 1. The summed E-state index contributed by atoms with van der Waals surface area (Å²) < 4.78 is 10.7. The number of halogens is 1. The predicted molar refractivity (Wildman–Crippen MR) is 108 cm³/mol. The molecular formula is C21H20ClN3O3. The molecular weight excluding hydrogens is 378 g/mol. The molecule has 28 heavy (non-hydrogen) atoms. The Morgan fingerprint density at radius 1 is 1.14 bits per heavy atom. The van der Waals surface area contributed by atoms with E-state index in [4.69, 9.17) is 20.8 Å². The second kappa shape index (κ2) is 8.46. The summed E-state index contributed by atoms with van der Waals surface area (Å²) in [4.78, 5) is 19.7. The maximum atomic E-state index is 13.0. The molecule has 0 atom stereocenters. The Labute approximate surface area is 168 Å². The van der Waals surface area contributed by atoms with Crippen molar-refractivity contribution in [3.05, 3.63) is 71.3 Å². The number of pyridine rings is 1. The monoisotopic (exact) mass is 397 g/mol. The van der Waals surface area contributed by atoms with Crippen molar-refractivity contribution in [2.75, 3.05) is 31.2 Å². The number of rotatable bonds is 5. The van der Waals surface area contributed by atoms with Gasteiger partial charge in [-0.3, -0.25) is 4.79 Å². The fourth-order valence-electron chi connectivity index (χ4n) is 3.13. The van der Waals surface area contributed by atoms with Crippen LogP contribution in [-0.4, -0.2) is 37.2 Å². The number of nitrogens with one attached hydrogen (secondary N) is 1. The molecule has 4 rings (SSSR count). The van der Waals surface area contributed by atoms with Crippen molar-refractivity contribution >= 4 is 23.3 Å². The van der Waals surface area contributed by atoms with Crippen molar-refractivity contribution in [3.8, 4) is 11.1 Å². The molecule has 3 heterocycles. The predicted octanol–water partition coefficient (Wildman–Crippen LogP) is 3.76. The Bertz CT molecular complexity index is 936. The lowest BCUT2D eigenvalue weighted by molar-refractivity contribution is 0.0946.